The molecule has 0 fully saturated rings. The molecule has 7 heteroatoms. The number of carboxylic acid groups (broad SMARTS) is 1. The van der Waals surface area contributed by atoms with Gasteiger partial charge in [0, 0.05) is 17.7 Å². The molecule has 1 aromatic heterocycles. The third kappa shape index (κ3) is 3.91. The van der Waals surface area contributed by atoms with E-state index >= 15 is 0 Å². The van der Waals surface area contributed by atoms with Gasteiger partial charge in [0.2, 0.25) is 0 Å². The van der Waals surface area contributed by atoms with Crippen molar-refractivity contribution in [3.8, 4) is 17.4 Å². The number of benzene rings is 2. The Hall–Kier alpha value is -4.18. The first-order chi connectivity index (χ1) is 13.0. The molecule has 0 amide bonds. The standard InChI is InChI=1S/C20H12N2O5/c21-12-16(13-3-2-6-17(10-13)22(25)26)11-18-7-8-19(27-18)14-4-1-5-15(9-14)20(23)24/h1-11H,(H,23,24)/b16-11-. The van der Waals surface area contributed by atoms with Crippen LogP contribution in [0.15, 0.2) is 65.1 Å². The molecule has 0 aliphatic rings. The van der Waals surface area contributed by atoms with Crippen molar-refractivity contribution in [2.45, 2.75) is 0 Å². The number of nitriles is 1. The van der Waals surface area contributed by atoms with Gasteiger partial charge in [-0.3, -0.25) is 10.1 Å². The summed E-state index contributed by atoms with van der Waals surface area (Å²) in [6.45, 7) is 0. The summed E-state index contributed by atoms with van der Waals surface area (Å²) in [4.78, 5) is 21.5. The number of furan rings is 1. The van der Waals surface area contributed by atoms with Gasteiger partial charge in [-0.15, -0.1) is 0 Å². The maximum absolute atomic E-state index is 11.1. The number of hydrogen-bond acceptors (Lipinski definition) is 5. The van der Waals surface area contributed by atoms with Gasteiger partial charge in [-0.05, 0) is 35.9 Å². The van der Waals surface area contributed by atoms with Crippen LogP contribution in [0, 0.1) is 21.4 Å². The number of hydrogen-bond donors (Lipinski definition) is 1. The molecular formula is C20H12N2O5. The van der Waals surface area contributed by atoms with E-state index in [1.807, 2.05) is 6.07 Å². The molecule has 132 valence electrons. The second-order valence-corrected chi connectivity index (χ2v) is 5.57. The molecule has 7 nitrogen and oxygen atoms in total. The van der Waals surface area contributed by atoms with E-state index in [-0.39, 0.29) is 16.8 Å². The van der Waals surface area contributed by atoms with Crippen LogP contribution in [-0.2, 0) is 0 Å². The summed E-state index contributed by atoms with van der Waals surface area (Å²) in [5.41, 5.74) is 1.22. The summed E-state index contributed by atoms with van der Waals surface area (Å²) in [5, 5.41) is 29.4. The summed E-state index contributed by atoms with van der Waals surface area (Å²) in [5.74, 6) is -0.226. The quantitative estimate of drug-likeness (QED) is 0.403. The van der Waals surface area contributed by atoms with Crippen molar-refractivity contribution < 1.29 is 19.2 Å². The Morgan fingerprint density at radius 3 is 2.56 bits per heavy atom. The van der Waals surface area contributed by atoms with Crippen LogP contribution in [0.25, 0.3) is 23.0 Å². The Morgan fingerprint density at radius 2 is 1.85 bits per heavy atom. The van der Waals surface area contributed by atoms with Gasteiger partial charge in [-0.1, -0.05) is 24.3 Å². The molecular weight excluding hydrogens is 348 g/mol. The molecule has 0 saturated carbocycles. The minimum atomic E-state index is -1.04. The lowest BCUT2D eigenvalue weighted by Gasteiger charge is -2.00. The Labute approximate surface area is 153 Å². The molecule has 0 aliphatic heterocycles. The summed E-state index contributed by atoms with van der Waals surface area (Å²) in [7, 11) is 0. The maximum atomic E-state index is 11.1. The molecule has 3 aromatic rings. The maximum Gasteiger partial charge on any atom is 0.335 e. The monoisotopic (exact) mass is 360 g/mol. The minimum Gasteiger partial charge on any atom is -0.478 e. The first-order valence-electron chi connectivity index (χ1n) is 7.78. The minimum absolute atomic E-state index is 0.112. The molecule has 0 radical (unpaired) electrons. The lowest BCUT2D eigenvalue weighted by molar-refractivity contribution is -0.384. The van der Waals surface area contributed by atoms with Crippen LogP contribution in [0.5, 0.6) is 0 Å². The van der Waals surface area contributed by atoms with Crippen LogP contribution in [0.3, 0.4) is 0 Å². The Kier molecular flexibility index (Phi) is 4.82. The van der Waals surface area contributed by atoms with Crippen molar-refractivity contribution in [1.29, 1.82) is 5.26 Å². The van der Waals surface area contributed by atoms with Crippen molar-refractivity contribution in [3.05, 3.63) is 87.7 Å². The van der Waals surface area contributed by atoms with Gasteiger partial charge in [0.15, 0.2) is 0 Å². The van der Waals surface area contributed by atoms with Gasteiger partial charge in [0.1, 0.15) is 11.5 Å². The number of carboxylic acids is 1. The number of nitro groups is 1. The topological polar surface area (TPSA) is 117 Å². The van der Waals surface area contributed by atoms with E-state index in [4.69, 9.17) is 9.52 Å². The molecule has 3 rings (SSSR count). The predicted molar refractivity (Wildman–Crippen MR) is 97.7 cm³/mol. The molecule has 0 aliphatic carbocycles. The number of carbonyl (C=O) groups is 1. The van der Waals surface area contributed by atoms with Crippen LogP contribution in [0.2, 0.25) is 0 Å². The number of allylic oxidation sites excluding steroid dienone is 1. The smallest absolute Gasteiger partial charge is 0.335 e. The third-order valence-corrected chi connectivity index (χ3v) is 3.80. The number of nitro benzene ring substituents is 1. The fraction of sp³-hybridized carbons (Fsp3) is 0. The highest BCUT2D eigenvalue weighted by Gasteiger charge is 2.11. The van der Waals surface area contributed by atoms with Gasteiger partial charge >= 0.3 is 5.97 Å². The molecule has 0 unspecified atom stereocenters. The van der Waals surface area contributed by atoms with Crippen LogP contribution < -0.4 is 0 Å². The van der Waals surface area contributed by atoms with Gasteiger partial charge in [0.25, 0.3) is 5.69 Å². The Bertz CT molecular complexity index is 1110. The lowest BCUT2D eigenvalue weighted by Crippen LogP contribution is -1.95. The number of rotatable bonds is 5. The SMILES string of the molecule is N#C/C(=C/c1ccc(-c2cccc(C(=O)O)c2)o1)c1cccc([N+](=O)[O-])c1. The largest absolute Gasteiger partial charge is 0.478 e. The number of aromatic carboxylic acids is 1. The van der Waals surface area contributed by atoms with Crippen LogP contribution in [0.1, 0.15) is 21.7 Å². The fourth-order valence-electron chi connectivity index (χ4n) is 2.50. The second-order valence-electron chi connectivity index (χ2n) is 5.57. The zero-order chi connectivity index (χ0) is 19.4. The van der Waals surface area contributed by atoms with Crippen molar-refractivity contribution in [2.24, 2.45) is 0 Å². The molecule has 0 spiro atoms. The predicted octanol–water partition coefficient (Wildman–Crippen LogP) is 4.62. The second kappa shape index (κ2) is 7.37. The highest BCUT2D eigenvalue weighted by Crippen LogP contribution is 2.27. The van der Waals surface area contributed by atoms with Crippen molar-refractivity contribution in [1.82, 2.24) is 0 Å². The zero-order valence-corrected chi connectivity index (χ0v) is 13.8. The highest BCUT2D eigenvalue weighted by atomic mass is 16.6. The summed E-state index contributed by atoms with van der Waals surface area (Å²) >= 11 is 0. The van der Waals surface area contributed by atoms with E-state index in [0.29, 0.717) is 22.6 Å². The first kappa shape index (κ1) is 17.6. The normalized spacial score (nSPS) is 11.0. The van der Waals surface area contributed by atoms with Crippen molar-refractivity contribution >= 4 is 23.3 Å². The van der Waals surface area contributed by atoms with Gasteiger partial charge < -0.3 is 9.52 Å². The van der Waals surface area contributed by atoms with Crippen LogP contribution in [-0.4, -0.2) is 16.0 Å². The highest BCUT2D eigenvalue weighted by molar-refractivity contribution is 5.90. The average molecular weight is 360 g/mol. The van der Waals surface area contributed by atoms with E-state index in [9.17, 15) is 20.2 Å². The van der Waals surface area contributed by atoms with E-state index < -0.39 is 10.9 Å². The average Bonchev–Trinajstić information content (AvgIpc) is 3.15. The molecule has 2 aromatic carbocycles. The summed E-state index contributed by atoms with van der Waals surface area (Å²) < 4.78 is 5.68. The Morgan fingerprint density at radius 1 is 1.11 bits per heavy atom. The number of nitrogens with zero attached hydrogens (tertiary/aromatic N) is 2. The molecule has 27 heavy (non-hydrogen) atoms. The molecule has 1 heterocycles. The van der Waals surface area contributed by atoms with Crippen LogP contribution >= 0.6 is 0 Å². The third-order valence-electron chi connectivity index (χ3n) is 3.80. The molecule has 0 atom stereocenters. The van der Waals surface area contributed by atoms with E-state index in [2.05, 4.69) is 0 Å². The zero-order valence-electron chi connectivity index (χ0n) is 13.8. The van der Waals surface area contributed by atoms with E-state index in [1.165, 1.54) is 36.4 Å². The van der Waals surface area contributed by atoms with Crippen molar-refractivity contribution in [3.63, 3.8) is 0 Å². The van der Waals surface area contributed by atoms with Gasteiger partial charge in [0.05, 0.1) is 22.1 Å². The van der Waals surface area contributed by atoms with Gasteiger partial charge in [-0.2, -0.15) is 5.26 Å². The summed E-state index contributed by atoms with van der Waals surface area (Å²) in [6.07, 6.45) is 1.48. The van der Waals surface area contributed by atoms with E-state index in [0.717, 1.165) is 0 Å². The van der Waals surface area contributed by atoms with Crippen LogP contribution in [0.4, 0.5) is 5.69 Å². The lowest BCUT2D eigenvalue weighted by atomic mass is 10.1. The summed E-state index contributed by atoms with van der Waals surface area (Å²) in [6, 6.07) is 17.4. The van der Waals surface area contributed by atoms with Gasteiger partial charge in [-0.25, -0.2) is 4.79 Å². The van der Waals surface area contributed by atoms with E-state index in [1.54, 1.807) is 30.3 Å². The van der Waals surface area contributed by atoms with Crippen molar-refractivity contribution in [2.75, 3.05) is 0 Å². The fourth-order valence-corrected chi connectivity index (χ4v) is 2.50. The molecule has 0 bridgehead atoms. The Balaban J connectivity index is 1.95. The first-order valence-corrected chi connectivity index (χ1v) is 7.78. The molecule has 1 N–H and O–H groups in total. The molecule has 0 saturated heterocycles. The number of non-ortho nitro benzene ring substituents is 1.